The molecule has 2 aromatic rings. The number of anilines is 3. The highest BCUT2D eigenvalue weighted by Gasteiger charge is 2.42. The van der Waals surface area contributed by atoms with E-state index in [1.54, 1.807) is 4.90 Å². The number of para-hydroxylation sites is 1. The third kappa shape index (κ3) is 2.00. The van der Waals surface area contributed by atoms with E-state index in [0.29, 0.717) is 0 Å². The highest BCUT2D eigenvalue weighted by molar-refractivity contribution is 9.10. The van der Waals surface area contributed by atoms with Gasteiger partial charge >= 0.3 is 0 Å². The van der Waals surface area contributed by atoms with Crippen LogP contribution in [0.5, 0.6) is 0 Å². The summed E-state index contributed by atoms with van der Waals surface area (Å²) in [7, 11) is 1.86. The number of hydrogen-bond donors (Lipinski definition) is 0. The zero-order valence-corrected chi connectivity index (χ0v) is 13.8. The summed E-state index contributed by atoms with van der Waals surface area (Å²) in [5.74, 6) is 0.160. The van der Waals surface area contributed by atoms with Crippen molar-refractivity contribution in [3.63, 3.8) is 0 Å². The SMILES string of the molecule is CN1C(=O)[C@@H]2CN(c3ccccc3)CN2c2cc(Br)ccc21. The molecule has 112 valence electrons. The second-order valence-corrected chi connectivity index (χ2v) is 6.63. The normalized spacial score (nSPS) is 20.2. The van der Waals surface area contributed by atoms with Crippen LogP contribution in [-0.2, 0) is 4.79 Å². The molecule has 0 bridgehead atoms. The van der Waals surface area contributed by atoms with Gasteiger partial charge < -0.3 is 14.7 Å². The second kappa shape index (κ2) is 5.02. The smallest absolute Gasteiger partial charge is 0.251 e. The lowest BCUT2D eigenvalue weighted by molar-refractivity contribution is -0.119. The highest BCUT2D eigenvalue weighted by Crippen LogP contribution is 2.40. The lowest BCUT2D eigenvalue weighted by atomic mass is 10.1. The Balaban J connectivity index is 1.75. The molecular formula is C17H16BrN3O. The fourth-order valence-electron chi connectivity index (χ4n) is 3.28. The molecule has 2 aromatic carbocycles. The molecule has 1 saturated heterocycles. The first-order valence-electron chi connectivity index (χ1n) is 7.29. The second-order valence-electron chi connectivity index (χ2n) is 5.72. The van der Waals surface area contributed by atoms with E-state index in [-0.39, 0.29) is 11.9 Å². The van der Waals surface area contributed by atoms with Gasteiger partial charge in [0.1, 0.15) is 6.04 Å². The zero-order chi connectivity index (χ0) is 15.3. The van der Waals surface area contributed by atoms with E-state index in [1.807, 2.05) is 37.4 Å². The number of benzene rings is 2. The Labute approximate surface area is 138 Å². The van der Waals surface area contributed by atoms with Gasteiger partial charge in [-0.05, 0) is 30.3 Å². The maximum atomic E-state index is 12.7. The van der Waals surface area contributed by atoms with Gasteiger partial charge in [0.15, 0.2) is 0 Å². The van der Waals surface area contributed by atoms with Crippen LogP contribution in [0.25, 0.3) is 0 Å². The number of nitrogens with zero attached hydrogens (tertiary/aromatic N) is 3. The van der Waals surface area contributed by atoms with Crippen LogP contribution in [0.3, 0.4) is 0 Å². The Morgan fingerprint density at radius 2 is 1.86 bits per heavy atom. The van der Waals surface area contributed by atoms with Gasteiger partial charge in [-0.3, -0.25) is 4.79 Å². The maximum absolute atomic E-state index is 12.7. The summed E-state index contributed by atoms with van der Waals surface area (Å²) >= 11 is 3.54. The Morgan fingerprint density at radius 1 is 1.09 bits per heavy atom. The van der Waals surface area contributed by atoms with Crippen molar-refractivity contribution in [1.82, 2.24) is 0 Å². The molecule has 0 spiro atoms. The lowest BCUT2D eigenvalue weighted by Crippen LogP contribution is -2.50. The first kappa shape index (κ1) is 13.6. The Bertz CT molecular complexity index is 734. The number of carbonyl (C=O) groups is 1. The van der Waals surface area contributed by atoms with E-state index in [4.69, 9.17) is 0 Å². The number of likely N-dealkylation sites (N-methyl/N-ethyl adjacent to an activating group) is 1. The molecule has 0 saturated carbocycles. The molecule has 1 fully saturated rings. The topological polar surface area (TPSA) is 26.8 Å². The highest BCUT2D eigenvalue weighted by atomic mass is 79.9. The molecule has 0 aromatic heterocycles. The van der Waals surface area contributed by atoms with E-state index in [9.17, 15) is 4.79 Å². The monoisotopic (exact) mass is 357 g/mol. The van der Waals surface area contributed by atoms with E-state index in [2.05, 4.69) is 43.9 Å². The van der Waals surface area contributed by atoms with Crippen molar-refractivity contribution in [3.05, 3.63) is 53.0 Å². The van der Waals surface area contributed by atoms with Crippen molar-refractivity contribution in [1.29, 1.82) is 0 Å². The first-order chi connectivity index (χ1) is 10.6. The molecule has 1 atom stereocenters. The molecule has 4 rings (SSSR count). The minimum absolute atomic E-state index is 0.119. The molecule has 2 aliphatic rings. The predicted molar refractivity (Wildman–Crippen MR) is 92.5 cm³/mol. The molecule has 0 unspecified atom stereocenters. The van der Waals surface area contributed by atoms with Gasteiger partial charge in [-0.25, -0.2) is 0 Å². The van der Waals surface area contributed by atoms with Gasteiger partial charge in [0.05, 0.1) is 18.0 Å². The van der Waals surface area contributed by atoms with Gasteiger partial charge in [0, 0.05) is 23.8 Å². The quantitative estimate of drug-likeness (QED) is 0.784. The van der Waals surface area contributed by atoms with Crippen LogP contribution >= 0.6 is 15.9 Å². The summed E-state index contributed by atoms with van der Waals surface area (Å²) in [5, 5.41) is 0. The summed E-state index contributed by atoms with van der Waals surface area (Å²) in [4.78, 5) is 18.9. The van der Waals surface area contributed by atoms with Crippen LogP contribution in [0.1, 0.15) is 0 Å². The summed E-state index contributed by atoms with van der Waals surface area (Å²) in [6, 6.07) is 16.2. The van der Waals surface area contributed by atoms with Gasteiger partial charge in [-0.2, -0.15) is 0 Å². The molecule has 22 heavy (non-hydrogen) atoms. The maximum Gasteiger partial charge on any atom is 0.251 e. The fourth-order valence-corrected chi connectivity index (χ4v) is 3.63. The summed E-state index contributed by atoms with van der Waals surface area (Å²) in [5.41, 5.74) is 3.24. The number of amides is 1. The number of fused-ring (bicyclic) bond motifs is 3. The Kier molecular flexibility index (Phi) is 3.11. The van der Waals surface area contributed by atoms with Gasteiger partial charge in [0.2, 0.25) is 0 Å². The first-order valence-corrected chi connectivity index (χ1v) is 8.08. The minimum Gasteiger partial charge on any atom is -0.351 e. The lowest BCUT2D eigenvalue weighted by Gasteiger charge is -2.36. The molecule has 2 aliphatic heterocycles. The Morgan fingerprint density at radius 3 is 2.64 bits per heavy atom. The van der Waals surface area contributed by atoms with Crippen molar-refractivity contribution >= 4 is 38.9 Å². The van der Waals surface area contributed by atoms with E-state index in [1.165, 1.54) is 0 Å². The predicted octanol–water partition coefficient (Wildman–Crippen LogP) is 3.08. The number of halogens is 1. The van der Waals surface area contributed by atoms with E-state index >= 15 is 0 Å². The van der Waals surface area contributed by atoms with Crippen molar-refractivity contribution in [2.75, 3.05) is 35.0 Å². The molecule has 4 nitrogen and oxygen atoms in total. The van der Waals surface area contributed by atoms with Crippen LogP contribution in [0.4, 0.5) is 17.1 Å². The molecule has 0 radical (unpaired) electrons. The van der Waals surface area contributed by atoms with Crippen molar-refractivity contribution in [2.45, 2.75) is 6.04 Å². The van der Waals surface area contributed by atoms with E-state index in [0.717, 1.165) is 34.7 Å². The number of rotatable bonds is 1. The number of carbonyl (C=O) groups excluding carboxylic acids is 1. The number of hydrogen-bond acceptors (Lipinski definition) is 3. The molecule has 5 heteroatoms. The average Bonchev–Trinajstić information content (AvgIpc) is 2.99. The molecule has 0 aliphatic carbocycles. The van der Waals surface area contributed by atoms with E-state index < -0.39 is 0 Å². The molecule has 0 N–H and O–H groups in total. The van der Waals surface area contributed by atoms with Crippen molar-refractivity contribution in [3.8, 4) is 0 Å². The van der Waals surface area contributed by atoms with Crippen molar-refractivity contribution in [2.24, 2.45) is 0 Å². The molecule has 2 heterocycles. The zero-order valence-electron chi connectivity index (χ0n) is 12.2. The van der Waals surface area contributed by atoms with Gasteiger partial charge in [-0.1, -0.05) is 34.1 Å². The fraction of sp³-hybridized carbons (Fsp3) is 0.235. The van der Waals surface area contributed by atoms with Crippen LogP contribution in [0, 0.1) is 0 Å². The van der Waals surface area contributed by atoms with Gasteiger partial charge in [0.25, 0.3) is 5.91 Å². The largest absolute Gasteiger partial charge is 0.351 e. The van der Waals surface area contributed by atoms with Crippen LogP contribution in [0.2, 0.25) is 0 Å². The van der Waals surface area contributed by atoms with Crippen LogP contribution < -0.4 is 14.7 Å². The third-order valence-corrected chi connectivity index (χ3v) is 4.93. The summed E-state index contributed by atoms with van der Waals surface area (Å²) < 4.78 is 1.03. The average molecular weight is 358 g/mol. The van der Waals surface area contributed by atoms with Crippen LogP contribution in [-0.4, -0.2) is 32.2 Å². The van der Waals surface area contributed by atoms with Crippen LogP contribution in [0.15, 0.2) is 53.0 Å². The van der Waals surface area contributed by atoms with Crippen molar-refractivity contribution < 1.29 is 4.79 Å². The minimum atomic E-state index is -0.119. The summed E-state index contributed by atoms with van der Waals surface area (Å²) in [6.07, 6.45) is 0. The van der Waals surface area contributed by atoms with Gasteiger partial charge in [-0.15, -0.1) is 0 Å². The Hall–Kier alpha value is -2.01. The third-order valence-electron chi connectivity index (χ3n) is 4.44. The molecular weight excluding hydrogens is 342 g/mol. The summed E-state index contributed by atoms with van der Waals surface area (Å²) in [6.45, 7) is 1.46. The molecule has 1 amide bonds. The standard InChI is InChI=1S/C17H16BrN3O/c1-19-14-8-7-12(18)9-15(14)21-11-20(10-16(21)17(19)22)13-5-3-2-4-6-13/h2-9,16H,10-11H2,1H3/t16-/m0/s1.